The molecule has 1 aliphatic carbocycles. The molecule has 0 saturated heterocycles. The molecule has 3 atom stereocenters. The minimum Gasteiger partial charge on any atom is -0.351 e. The van der Waals surface area contributed by atoms with Gasteiger partial charge >= 0.3 is 0 Å². The second-order valence-electron chi connectivity index (χ2n) is 5.23. The van der Waals surface area contributed by atoms with E-state index in [4.69, 9.17) is 11.6 Å². The third-order valence-electron chi connectivity index (χ3n) is 4.00. The maximum absolute atomic E-state index is 5.95. The molecule has 7 nitrogen and oxygen atoms in total. The van der Waals surface area contributed by atoms with Gasteiger partial charge in [0.05, 0.1) is 0 Å². The summed E-state index contributed by atoms with van der Waals surface area (Å²) in [5, 5.41) is 7.49. The maximum Gasteiger partial charge on any atom is 0.258 e. The predicted octanol–water partition coefficient (Wildman–Crippen LogP) is 1.95. The monoisotopic (exact) mass is 293 g/mol. The van der Waals surface area contributed by atoms with Crippen molar-refractivity contribution in [3.05, 3.63) is 17.9 Å². The van der Waals surface area contributed by atoms with Gasteiger partial charge in [0.15, 0.2) is 0 Å². The molecule has 106 valence electrons. The smallest absolute Gasteiger partial charge is 0.258 e. The summed E-state index contributed by atoms with van der Waals surface area (Å²) in [6, 6.07) is 0.368. The largest absolute Gasteiger partial charge is 0.351 e. The van der Waals surface area contributed by atoms with Crippen molar-refractivity contribution >= 4 is 17.5 Å². The van der Waals surface area contributed by atoms with Crippen molar-refractivity contribution in [1.82, 2.24) is 29.7 Å². The standard InChI is InChI=1S/C12H16ClN7/c1-7-3-4-9(8(7)2)16-11-17-10(13)18-12(19-11)20-6-14-5-15-20/h5-9H,3-4H2,1-2H3,(H,16,17,18,19). The number of aromatic nitrogens is 6. The van der Waals surface area contributed by atoms with Crippen LogP contribution in [-0.4, -0.2) is 35.8 Å². The minimum absolute atomic E-state index is 0.145. The van der Waals surface area contributed by atoms with E-state index >= 15 is 0 Å². The molecular weight excluding hydrogens is 278 g/mol. The summed E-state index contributed by atoms with van der Waals surface area (Å²) >= 11 is 5.95. The first-order valence-corrected chi connectivity index (χ1v) is 7.04. The summed E-state index contributed by atoms with van der Waals surface area (Å²) in [5.74, 6) is 2.14. The van der Waals surface area contributed by atoms with Gasteiger partial charge in [-0.2, -0.15) is 24.7 Å². The Morgan fingerprint density at radius 1 is 1.25 bits per heavy atom. The van der Waals surface area contributed by atoms with E-state index < -0.39 is 0 Å². The second-order valence-corrected chi connectivity index (χ2v) is 5.57. The molecule has 3 rings (SSSR count). The van der Waals surface area contributed by atoms with Crippen molar-refractivity contribution < 1.29 is 0 Å². The van der Waals surface area contributed by atoms with Crippen LogP contribution >= 0.6 is 11.6 Å². The van der Waals surface area contributed by atoms with Crippen molar-refractivity contribution in [2.24, 2.45) is 11.8 Å². The first-order valence-electron chi connectivity index (χ1n) is 6.66. The Bertz CT molecular complexity index is 585. The van der Waals surface area contributed by atoms with Gasteiger partial charge in [-0.15, -0.1) is 0 Å². The summed E-state index contributed by atoms with van der Waals surface area (Å²) in [5.41, 5.74) is 0. The van der Waals surface area contributed by atoms with Gasteiger partial charge in [0, 0.05) is 6.04 Å². The van der Waals surface area contributed by atoms with Crippen LogP contribution in [0.4, 0.5) is 5.95 Å². The molecular formula is C12H16ClN7. The van der Waals surface area contributed by atoms with Crippen molar-refractivity contribution in [2.45, 2.75) is 32.7 Å². The second kappa shape index (κ2) is 5.32. The first kappa shape index (κ1) is 13.2. The molecule has 2 aromatic rings. The fourth-order valence-electron chi connectivity index (χ4n) is 2.55. The lowest BCUT2D eigenvalue weighted by atomic mass is 9.98. The fraction of sp³-hybridized carbons (Fsp3) is 0.583. The quantitative estimate of drug-likeness (QED) is 0.931. The van der Waals surface area contributed by atoms with Crippen LogP contribution in [0.15, 0.2) is 12.7 Å². The Balaban J connectivity index is 1.83. The number of rotatable bonds is 3. The highest BCUT2D eigenvalue weighted by Crippen LogP contribution is 2.32. The molecule has 1 N–H and O–H groups in total. The summed E-state index contributed by atoms with van der Waals surface area (Å²) in [7, 11) is 0. The Morgan fingerprint density at radius 3 is 2.75 bits per heavy atom. The van der Waals surface area contributed by atoms with Crippen LogP contribution in [0.3, 0.4) is 0 Å². The SMILES string of the molecule is CC1CCC(Nc2nc(Cl)nc(-n3cncn3)n2)C1C. The van der Waals surface area contributed by atoms with E-state index in [1.54, 1.807) is 0 Å². The molecule has 1 aliphatic rings. The molecule has 0 radical (unpaired) electrons. The van der Waals surface area contributed by atoms with Crippen LogP contribution in [0.2, 0.25) is 5.28 Å². The summed E-state index contributed by atoms with van der Waals surface area (Å²) < 4.78 is 1.46. The fourth-order valence-corrected chi connectivity index (χ4v) is 2.71. The van der Waals surface area contributed by atoms with E-state index in [1.165, 1.54) is 23.8 Å². The molecule has 3 unspecified atom stereocenters. The van der Waals surface area contributed by atoms with Gasteiger partial charge in [0.25, 0.3) is 5.95 Å². The zero-order valence-corrected chi connectivity index (χ0v) is 12.1. The Labute approximate surface area is 121 Å². The molecule has 20 heavy (non-hydrogen) atoms. The average molecular weight is 294 g/mol. The van der Waals surface area contributed by atoms with Gasteiger partial charge < -0.3 is 5.32 Å². The zero-order valence-electron chi connectivity index (χ0n) is 11.4. The first-order chi connectivity index (χ1) is 9.63. The number of hydrogen-bond donors (Lipinski definition) is 1. The van der Waals surface area contributed by atoms with Crippen LogP contribution < -0.4 is 5.32 Å². The third kappa shape index (κ3) is 2.58. The molecule has 0 aliphatic heterocycles. The molecule has 8 heteroatoms. The molecule has 1 saturated carbocycles. The van der Waals surface area contributed by atoms with Crippen molar-refractivity contribution in [2.75, 3.05) is 5.32 Å². The van der Waals surface area contributed by atoms with E-state index in [2.05, 4.69) is 44.2 Å². The number of hydrogen-bond acceptors (Lipinski definition) is 6. The molecule has 0 aromatic carbocycles. The Kier molecular flexibility index (Phi) is 3.52. The highest BCUT2D eigenvalue weighted by atomic mass is 35.5. The Morgan fingerprint density at radius 2 is 2.10 bits per heavy atom. The molecule has 0 bridgehead atoms. The number of nitrogens with zero attached hydrogens (tertiary/aromatic N) is 6. The number of anilines is 1. The van der Waals surface area contributed by atoms with E-state index in [0.29, 0.717) is 29.8 Å². The van der Waals surface area contributed by atoms with Crippen molar-refractivity contribution in [1.29, 1.82) is 0 Å². The minimum atomic E-state index is 0.145. The van der Waals surface area contributed by atoms with Gasteiger partial charge in [-0.25, -0.2) is 4.98 Å². The lowest BCUT2D eigenvalue weighted by molar-refractivity contribution is 0.434. The van der Waals surface area contributed by atoms with Gasteiger partial charge in [-0.05, 0) is 36.3 Å². The number of nitrogens with one attached hydrogen (secondary N) is 1. The lowest BCUT2D eigenvalue weighted by Crippen LogP contribution is -2.25. The van der Waals surface area contributed by atoms with E-state index in [0.717, 1.165) is 6.42 Å². The van der Waals surface area contributed by atoms with Crippen molar-refractivity contribution in [3.8, 4) is 5.95 Å². The highest BCUT2D eigenvalue weighted by molar-refractivity contribution is 6.28. The normalized spacial score (nSPS) is 25.9. The van der Waals surface area contributed by atoms with Crippen LogP contribution in [0.1, 0.15) is 26.7 Å². The average Bonchev–Trinajstić information content (AvgIpc) is 3.04. The van der Waals surface area contributed by atoms with Gasteiger partial charge in [0.1, 0.15) is 12.7 Å². The lowest BCUT2D eigenvalue weighted by Gasteiger charge is -2.19. The van der Waals surface area contributed by atoms with Gasteiger partial charge in [0.2, 0.25) is 11.2 Å². The summed E-state index contributed by atoms with van der Waals surface area (Å²) in [6.45, 7) is 4.52. The molecule has 1 fully saturated rings. The Hall–Kier alpha value is -1.76. The zero-order chi connectivity index (χ0) is 14.1. The number of halogens is 1. The highest BCUT2D eigenvalue weighted by Gasteiger charge is 2.30. The summed E-state index contributed by atoms with van der Waals surface area (Å²) in [6.07, 6.45) is 5.28. The predicted molar refractivity (Wildman–Crippen MR) is 74.7 cm³/mol. The van der Waals surface area contributed by atoms with E-state index in [1.807, 2.05) is 0 Å². The van der Waals surface area contributed by atoms with Crippen molar-refractivity contribution in [3.63, 3.8) is 0 Å². The third-order valence-corrected chi connectivity index (χ3v) is 4.17. The topological polar surface area (TPSA) is 81.4 Å². The molecule has 2 aromatic heterocycles. The molecule has 0 amide bonds. The summed E-state index contributed by atoms with van der Waals surface area (Å²) in [4.78, 5) is 16.4. The van der Waals surface area contributed by atoms with E-state index in [9.17, 15) is 0 Å². The van der Waals surface area contributed by atoms with Crippen LogP contribution in [0, 0.1) is 11.8 Å². The van der Waals surface area contributed by atoms with Gasteiger partial charge in [-0.1, -0.05) is 13.8 Å². The van der Waals surface area contributed by atoms with Crippen LogP contribution in [0.25, 0.3) is 5.95 Å². The van der Waals surface area contributed by atoms with Crippen LogP contribution in [0.5, 0.6) is 0 Å². The van der Waals surface area contributed by atoms with E-state index in [-0.39, 0.29) is 5.28 Å². The maximum atomic E-state index is 5.95. The van der Waals surface area contributed by atoms with Gasteiger partial charge in [-0.3, -0.25) is 0 Å². The molecule has 2 heterocycles. The molecule has 0 spiro atoms. The van der Waals surface area contributed by atoms with Crippen LogP contribution in [-0.2, 0) is 0 Å².